The van der Waals surface area contributed by atoms with Crippen LogP contribution in [0.4, 0.5) is 17.1 Å². The number of anilines is 1. The third-order valence-corrected chi connectivity index (χ3v) is 5.80. The molecule has 0 radical (unpaired) electrons. The van der Waals surface area contributed by atoms with Gasteiger partial charge in [0.2, 0.25) is 0 Å². The fourth-order valence-electron chi connectivity index (χ4n) is 2.76. The van der Waals surface area contributed by atoms with E-state index in [1.165, 1.54) is 13.1 Å². The number of azo groups is 1. The lowest BCUT2D eigenvalue weighted by Gasteiger charge is -2.14. The van der Waals surface area contributed by atoms with Crippen LogP contribution in [0.2, 0.25) is 0 Å². The molecule has 0 aromatic heterocycles. The molecule has 0 aliphatic heterocycles. The molecule has 0 unspecified atom stereocenters. The number of fused-ring (bicyclic) bond motifs is 1. The van der Waals surface area contributed by atoms with Crippen LogP contribution in [-0.2, 0) is 20.2 Å². The Morgan fingerprint density at radius 2 is 1.48 bits per heavy atom. The van der Waals surface area contributed by atoms with Crippen molar-refractivity contribution in [2.45, 2.75) is 9.79 Å². The maximum Gasteiger partial charge on any atom is 0.296 e. The van der Waals surface area contributed by atoms with Gasteiger partial charge in [0.1, 0.15) is 15.5 Å². The zero-order valence-electron chi connectivity index (χ0n) is 14.8. The van der Waals surface area contributed by atoms with Crippen LogP contribution in [0.25, 0.3) is 10.8 Å². The van der Waals surface area contributed by atoms with E-state index in [-0.39, 0.29) is 16.5 Å². The minimum Gasteiger partial charge on any atom is -0.505 e. The van der Waals surface area contributed by atoms with Gasteiger partial charge in [-0.05, 0) is 30.3 Å². The third kappa shape index (κ3) is 4.05. The first-order valence-electron chi connectivity index (χ1n) is 7.96. The van der Waals surface area contributed by atoms with Gasteiger partial charge in [0.05, 0.1) is 11.1 Å². The largest absolute Gasteiger partial charge is 0.505 e. The molecular formula is C17H15N3O7S2. The van der Waals surface area contributed by atoms with Gasteiger partial charge in [-0.1, -0.05) is 18.2 Å². The third-order valence-electron chi connectivity index (χ3n) is 4.02. The van der Waals surface area contributed by atoms with Crippen LogP contribution in [-0.4, -0.2) is 38.1 Å². The van der Waals surface area contributed by atoms with E-state index in [1.807, 2.05) is 0 Å². The number of nitrogens with zero attached hydrogens (tertiary/aromatic N) is 2. The molecule has 12 heteroatoms. The lowest BCUT2D eigenvalue weighted by molar-refractivity contribution is 0.471. The molecular weight excluding hydrogens is 422 g/mol. The molecule has 0 fully saturated rings. The van der Waals surface area contributed by atoms with E-state index >= 15 is 0 Å². The molecule has 0 bridgehead atoms. The van der Waals surface area contributed by atoms with E-state index in [2.05, 4.69) is 15.5 Å². The molecule has 3 aromatic carbocycles. The second kappa shape index (κ2) is 7.40. The Morgan fingerprint density at radius 1 is 0.862 bits per heavy atom. The van der Waals surface area contributed by atoms with Gasteiger partial charge >= 0.3 is 0 Å². The highest BCUT2D eigenvalue weighted by Gasteiger charge is 2.27. The van der Waals surface area contributed by atoms with E-state index < -0.39 is 41.5 Å². The van der Waals surface area contributed by atoms with Crippen molar-refractivity contribution in [2.24, 2.45) is 10.2 Å². The van der Waals surface area contributed by atoms with Crippen molar-refractivity contribution in [3.63, 3.8) is 0 Å². The molecule has 4 N–H and O–H groups in total. The van der Waals surface area contributed by atoms with E-state index in [9.17, 15) is 31.0 Å². The van der Waals surface area contributed by atoms with Crippen molar-refractivity contribution in [1.29, 1.82) is 0 Å². The summed E-state index contributed by atoms with van der Waals surface area (Å²) in [6.45, 7) is 0. The summed E-state index contributed by atoms with van der Waals surface area (Å²) in [6.07, 6.45) is 0. The van der Waals surface area contributed by atoms with Crippen LogP contribution >= 0.6 is 0 Å². The smallest absolute Gasteiger partial charge is 0.296 e. The lowest BCUT2D eigenvalue weighted by atomic mass is 10.1. The predicted molar refractivity (Wildman–Crippen MR) is 105 cm³/mol. The summed E-state index contributed by atoms with van der Waals surface area (Å²) in [5, 5.41) is 20.6. The summed E-state index contributed by atoms with van der Waals surface area (Å²) >= 11 is 0. The van der Waals surface area contributed by atoms with Gasteiger partial charge in [-0.25, -0.2) is 0 Å². The highest BCUT2D eigenvalue weighted by atomic mass is 32.2. The number of rotatable bonds is 5. The van der Waals surface area contributed by atoms with E-state index in [4.69, 9.17) is 0 Å². The van der Waals surface area contributed by atoms with Crippen molar-refractivity contribution in [3.05, 3.63) is 48.5 Å². The fourth-order valence-corrected chi connectivity index (χ4v) is 4.09. The molecule has 0 atom stereocenters. The number of phenols is 1. The van der Waals surface area contributed by atoms with Crippen LogP contribution in [0, 0.1) is 0 Å². The maximum absolute atomic E-state index is 11.9. The maximum atomic E-state index is 11.9. The van der Waals surface area contributed by atoms with Crippen molar-refractivity contribution in [1.82, 2.24) is 0 Å². The Morgan fingerprint density at radius 3 is 2.03 bits per heavy atom. The first kappa shape index (κ1) is 20.7. The van der Waals surface area contributed by atoms with E-state index in [1.54, 1.807) is 30.3 Å². The molecule has 0 amide bonds. The molecule has 0 aliphatic rings. The zero-order valence-corrected chi connectivity index (χ0v) is 16.4. The SMILES string of the molecule is CNc1ccc(S(=O)(=O)O)c2cc(S(=O)(=O)O)c(N=Nc3ccccc3)c(O)c12. The normalized spacial score (nSPS) is 12.5. The summed E-state index contributed by atoms with van der Waals surface area (Å²) in [7, 11) is -8.23. The summed E-state index contributed by atoms with van der Waals surface area (Å²) in [4.78, 5) is -1.53. The number of aromatic hydroxyl groups is 1. The number of nitrogens with one attached hydrogen (secondary N) is 1. The predicted octanol–water partition coefficient (Wildman–Crippen LogP) is 3.50. The van der Waals surface area contributed by atoms with Gasteiger partial charge in [-0.3, -0.25) is 9.11 Å². The second-order valence-electron chi connectivity index (χ2n) is 5.84. The summed E-state index contributed by atoms with van der Waals surface area (Å²) in [5.41, 5.74) is -0.0235. The summed E-state index contributed by atoms with van der Waals surface area (Å²) < 4.78 is 66.3. The van der Waals surface area contributed by atoms with Crippen molar-refractivity contribution >= 4 is 48.1 Å². The lowest BCUT2D eigenvalue weighted by Crippen LogP contribution is -2.04. The number of hydrogen-bond acceptors (Lipinski definition) is 8. The average molecular weight is 437 g/mol. The van der Waals surface area contributed by atoms with E-state index in [0.717, 1.165) is 12.1 Å². The first-order chi connectivity index (χ1) is 13.5. The molecule has 0 saturated carbocycles. The fraction of sp³-hybridized carbons (Fsp3) is 0.0588. The molecule has 3 aromatic rings. The van der Waals surface area contributed by atoms with Crippen LogP contribution in [0.15, 0.2) is 68.6 Å². The Balaban J connectivity index is 2.45. The Kier molecular flexibility index (Phi) is 5.28. The Hall–Kier alpha value is -3.06. The monoisotopic (exact) mass is 437 g/mol. The minimum atomic E-state index is -4.94. The quantitative estimate of drug-likeness (QED) is 0.348. The number of phenolic OH excluding ortho intramolecular Hbond substituents is 1. The van der Waals surface area contributed by atoms with Crippen LogP contribution in [0.5, 0.6) is 5.75 Å². The molecule has 0 aliphatic carbocycles. The van der Waals surface area contributed by atoms with Gasteiger partial charge in [-0.15, -0.1) is 5.11 Å². The molecule has 0 saturated heterocycles. The van der Waals surface area contributed by atoms with Crippen molar-refractivity contribution < 1.29 is 31.0 Å². The highest BCUT2D eigenvalue weighted by Crippen LogP contribution is 2.45. The first-order valence-corrected chi connectivity index (χ1v) is 10.8. The van der Waals surface area contributed by atoms with Crippen molar-refractivity contribution in [2.75, 3.05) is 12.4 Å². The molecule has 0 spiro atoms. The van der Waals surface area contributed by atoms with Gasteiger partial charge < -0.3 is 10.4 Å². The molecule has 3 rings (SSSR count). The molecule has 29 heavy (non-hydrogen) atoms. The Labute approximate surface area is 166 Å². The Bertz CT molecular complexity index is 1340. The zero-order chi connectivity index (χ0) is 21.4. The number of hydrogen-bond donors (Lipinski definition) is 4. The van der Waals surface area contributed by atoms with Crippen LogP contribution < -0.4 is 5.32 Å². The van der Waals surface area contributed by atoms with Crippen LogP contribution in [0.1, 0.15) is 0 Å². The highest BCUT2D eigenvalue weighted by molar-refractivity contribution is 7.86. The number of benzene rings is 3. The van der Waals surface area contributed by atoms with Gasteiger partial charge in [0, 0.05) is 18.1 Å². The molecule has 10 nitrogen and oxygen atoms in total. The van der Waals surface area contributed by atoms with Crippen molar-refractivity contribution in [3.8, 4) is 5.75 Å². The van der Waals surface area contributed by atoms with Gasteiger partial charge in [0.25, 0.3) is 20.2 Å². The topological polar surface area (TPSA) is 166 Å². The van der Waals surface area contributed by atoms with Gasteiger partial charge in [0.15, 0.2) is 5.75 Å². The van der Waals surface area contributed by atoms with E-state index in [0.29, 0.717) is 5.69 Å². The minimum absolute atomic E-state index is 0.128. The molecule has 0 heterocycles. The standard InChI is InChI=1S/C17H15N3O7S2/c1-18-12-7-8-13(28(22,23)24)11-9-14(29(25,26)27)16(17(21)15(11)12)20-19-10-5-3-2-4-6-10/h2-9,18,21H,1H3,(H,22,23,24)(H,25,26,27). The average Bonchev–Trinajstić information content (AvgIpc) is 2.65. The summed E-state index contributed by atoms with van der Waals surface area (Å²) in [6, 6.07) is 11.3. The molecule has 152 valence electrons. The second-order valence-corrected chi connectivity index (χ2v) is 8.62. The van der Waals surface area contributed by atoms with Gasteiger partial charge in [-0.2, -0.15) is 21.9 Å². The summed E-state index contributed by atoms with van der Waals surface area (Å²) in [5.74, 6) is -0.746. The van der Waals surface area contributed by atoms with Crippen LogP contribution in [0.3, 0.4) is 0 Å².